The molecule has 0 aliphatic heterocycles. The molecule has 9 heteroatoms. The summed E-state index contributed by atoms with van der Waals surface area (Å²) in [7, 11) is 2.94. The molecule has 0 fully saturated rings. The Morgan fingerprint density at radius 3 is 1.05 bits per heavy atom. The first kappa shape index (κ1) is 86.5. The Bertz CT molecular complexity index is 1160. The fraction of sp³-hybridized carbons (Fsp3) is 0.458. The third kappa shape index (κ3) is 53.6. The Labute approximate surface area is 398 Å². The van der Waals surface area contributed by atoms with E-state index in [1.54, 1.807) is 42.5 Å². The second-order valence-corrected chi connectivity index (χ2v) is 6.78. The first-order valence-corrected chi connectivity index (χ1v) is 20.3. The predicted octanol–water partition coefficient (Wildman–Crippen LogP) is 14.7. The van der Waals surface area contributed by atoms with Crippen molar-refractivity contribution in [1.29, 1.82) is 0 Å². The van der Waals surface area contributed by atoms with Crippen LogP contribution >= 0.6 is 0 Å². The maximum Gasteiger partial charge on any atom is 0.223 e. The fourth-order valence-corrected chi connectivity index (χ4v) is 2.61. The van der Waals surface area contributed by atoms with E-state index in [-0.39, 0.29) is 74.9 Å². The van der Waals surface area contributed by atoms with Crippen LogP contribution < -0.4 is 11.5 Å². The molecular formula is C48H86N3O3W3-3. The zero-order valence-corrected chi connectivity index (χ0v) is 49.1. The van der Waals surface area contributed by atoms with Crippen molar-refractivity contribution in [2.24, 2.45) is 0 Å². The van der Waals surface area contributed by atoms with Crippen LogP contribution in [-0.2, 0) is 68.0 Å². The summed E-state index contributed by atoms with van der Waals surface area (Å²) in [5, 5.41) is 1.11. The van der Waals surface area contributed by atoms with Gasteiger partial charge in [-0.3, -0.25) is 9.63 Å². The molecule has 0 spiro atoms. The minimum atomic E-state index is -0.281. The number of anilines is 2. The summed E-state index contributed by atoms with van der Waals surface area (Å²) >= 11 is 0. The number of nitrogens with zero attached hydrogens (tertiary/aromatic N) is 1. The largest absolute Gasteiger partial charge is 0.419 e. The number of hydrogen-bond acceptors (Lipinski definition) is 5. The Morgan fingerprint density at radius 1 is 0.474 bits per heavy atom. The van der Waals surface area contributed by atoms with E-state index in [2.05, 4.69) is 18.2 Å². The Kier molecular flexibility index (Phi) is 130. The standard InChI is InChI=1S/C13H10NO.C9H11N2O2.C6H5.10C2H6.3W/c14-12-9-5-4-8-11(12)13(15)10-6-2-1-3-7-10;1-11(13-2)9(12)7-5-3-4-6-8(7)10;1-2-4-6-5-3-1;10*1-2;;;/h1-3,5-9H,14H2;4-6H,10H2,1-2H3;1-5H;10*1-2H3;;;/q3*-1;;;;;;;;;;;;;. The van der Waals surface area contributed by atoms with E-state index >= 15 is 0 Å². The average Bonchev–Trinajstić information content (AvgIpc) is 3.31. The van der Waals surface area contributed by atoms with Gasteiger partial charge in [0.1, 0.15) is 5.78 Å². The molecule has 4 aromatic rings. The number of hydrogen-bond donors (Lipinski definition) is 2. The monoisotopic (exact) mass is 1300 g/mol. The molecule has 6 nitrogen and oxygen atoms in total. The Balaban J connectivity index is -0.0000000439. The zero-order chi connectivity index (χ0) is 44.8. The van der Waals surface area contributed by atoms with E-state index in [9.17, 15) is 9.59 Å². The number of amides is 1. The van der Waals surface area contributed by atoms with Gasteiger partial charge >= 0.3 is 0 Å². The molecule has 4 rings (SSSR count). The van der Waals surface area contributed by atoms with Crippen molar-refractivity contribution in [3.8, 4) is 0 Å². The van der Waals surface area contributed by atoms with Crippen molar-refractivity contribution in [3.05, 3.63) is 132 Å². The minimum absolute atomic E-state index is 0. The van der Waals surface area contributed by atoms with E-state index in [0.717, 1.165) is 5.06 Å². The zero-order valence-electron chi connectivity index (χ0n) is 40.3. The summed E-state index contributed by atoms with van der Waals surface area (Å²) in [4.78, 5) is 28.2. The Hall–Kier alpha value is -2.36. The molecule has 0 bridgehead atoms. The summed E-state index contributed by atoms with van der Waals surface area (Å²) in [6.07, 6.45) is 0. The summed E-state index contributed by atoms with van der Waals surface area (Å²) in [5.41, 5.74) is 13.8. The summed E-state index contributed by atoms with van der Waals surface area (Å²) in [6.45, 7) is 40.0. The van der Waals surface area contributed by atoms with Crippen molar-refractivity contribution in [2.75, 3.05) is 25.6 Å². The number of nitrogen functional groups attached to an aromatic ring is 2. The van der Waals surface area contributed by atoms with Gasteiger partial charge < -0.3 is 16.3 Å². The van der Waals surface area contributed by atoms with Crippen molar-refractivity contribution >= 4 is 23.1 Å². The molecule has 0 aliphatic rings. The van der Waals surface area contributed by atoms with Gasteiger partial charge in [-0.05, 0) is 5.56 Å². The second-order valence-electron chi connectivity index (χ2n) is 6.78. The van der Waals surface area contributed by atoms with Crippen LogP contribution in [0.2, 0.25) is 0 Å². The van der Waals surface area contributed by atoms with Gasteiger partial charge in [-0.25, -0.2) is 5.06 Å². The van der Waals surface area contributed by atoms with E-state index in [0.29, 0.717) is 28.1 Å². The van der Waals surface area contributed by atoms with E-state index in [1.807, 2.05) is 187 Å². The number of hydroxylamine groups is 2. The molecule has 0 unspecified atom stereocenters. The van der Waals surface area contributed by atoms with Crippen LogP contribution in [0.4, 0.5) is 11.4 Å². The molecular weight excluding hydrogens is 1220 g/mol. The normalized spacial score (nSPS) is 6.70. The first-order valence-electron chi connectivity index (χ1n) is 20.3. The van der Waals surface area contributed by atoms with Crippen molar-refractivity contribution in [1.82, 2.24) is 5.06 Å². The molecule has 4 N–H and O–H groups in total. The van der Waals surface area contributed by atoms with Gasteiger partial charge in [0.25, 0.3) is 0 Å². The second kappa shape index (κ2) is 85.7. The molecule has 57 heavy (non-hydrogen) atoms. The molecule has 4 aromatic carbocycles. The maximum absolute atomic E-state index is 12.0. The van der Waals surface area contributed by atoms with Gasteiger partial charge in [0.05, 0.1) is 7.11 Å². The molecule has 0 heterocycles. The predicted molar refractivity (Wildman–Crippen MR) is 247 cm³/mol. The topological polar surface area (TPSA) is 98.7 Å². The van der Waals surface area contributed by atoms with Crippen LogP contribution in [0, 0.1) is 18.2 Å². The van der Waals surface area contributed by atoms with E-state index in [1.165, 1.54) is 20.2 Å². The summed E-state index contributed by atoms with van der Waals surface area (Å²) < 4.78 is 0. The van der Waals surface area contributed by atoms with Crippen LogP contribution in [0.1, 0.15) is 165 Å². The average molecular weight is 1300 g/mol. The smallest absolute Gasteiger partial charge is 0.223 e. The molecule has 0 atom stereocenters. The fourth-order valence-electron chi connectivity index (χ4n) is 2.61. The molecule has 0 radical (unpaired) electrons. The first-order chi connectivity index (χ1) is 26.5. The van der Waals surface area contributed by atoms with Gasteiger partial charge in [-0.2, -0.15) is 72.8 Å². The number of ketones is 1. The maximum atomic E-state index is 12.0. The van der Waals surface area contributed by atoms with E-state index < -0.39 is 0 Å². The summed E-state index contributed by atoms with van der Waals surface area (Å²) in [6, 6.07) is 37.0. The number of carbonyl (C=O) groups is 2. The molecule has 1 amide bonds. The number of rotatable bonds is 4. The molecule has 0 aromatic heterocycles. The van der Waals surface area contributed by atoms with Crippen LogP contribution in [0.15, 0.2) is 97.1 Å². The van der Waals surface area contributed by atoms with Gasteiger partial charge in [0, 0.05) is 75.8 Å². The minimum Gasteiger partial charge on any atom is -0.419 e. The van der Waals surface area contributed by atoms with Crippen LogP contribution in [0.5, 0.6) is 0 Å². The van der Waals surface area contributed by atoms with Gasteiger partial charge in [-0.1, -0.05) is 186 Å². The Morgan fingerprint density at radius 2 is 0.789 bits per heavy atom. The van der Waals surface area contributed by atoms with Gasteiger partial charge in [-0.15, -0.1) is 12.1 Å². The number of nitrogens with two attached hydrogens (primary N) is 2. The van der Waals surface area contributed by atoms with Crippen molar-refractivity contribution < 1.29 is 77.6 Å². The summed E-state index contributed by atoms with van der Waals surface area (Å²) in [5.74, 6) is -0.346. The van der Waals surface area contributed by atoms with Crippen molar-refractivity contribution in [2.45, 2.75) is 138 Å². The molecule has 0 aliphatic carbocycles. The third-order valence-corrected chi connectivity index (χ3v) is 4.47. The van der Waals surface area contributed by atoms with Crippen LogP contribution in [-0.4, -0.2) is 30.9 Å². The molecule has 332 valence electrons. The van der Waals surface area contributed by atoms with Gasteiger partial charge in [0.15, 0.2) is 0 Å². The SMILES string of the molecule is CC.CC.CC.CC.CC.CC.CC.CC.CC.CC.CON(C)C(=O)c1c[c-]ccc1N.Nc1cc[c-]cc1C(=O)c1ccccc1.[W].[W].[W].[c-]1ccccc1. The van der Waals surface area contributed by atoms with Crippen LogP contribution in [0.3, 0.4) is 0 Å². The third-order valence-electron chi connectivity index (χ3n) is 4.47. The number of benzene rings is 4. The molecule has 0 saturated heterocycles. The quantitative estimate of drug-likeness (QED) is 0.0918. The van der Waals surface area contributed by atoms with Crippen LogP contribution in [0.25, 0.3) is 0 Å². The van der Waals surface area contributed by atoms with Gasteiger partial charge in [0.2, 0.25) is 5.91 Å². The number of carbonyl (C=O) groups excluding carboxylic acids is 2. The van der Waals surface area contributed by atoms with E-state index in [4.69, 9.17) is 16.3 Å². The van der Waals surface area contributed by atoms with Crippen molar-refractivity contribution in [3.63, 3.8) is 0 Å². The molecule has 0 saturated carbocycles.